The summed E-state index contributed by atoms with van der Waals surface area (Å²) in [5, 5.41) is 2.87. The minimum atomic E-state index is -0.181. The van der Waals surface area contributed by atoms with Crippen molar-refractivity contribution in [2.45, 2.75) is 17.7 Å². The zero-order valence-corrected chi connectivity index (χ0v) is 14.5. The standard InChI is InChI=1S/C19H22N2O2S/c1-23-17-7-5-13(6-8-17)14-3-2-4-15(11-14)18-19(22)21-16(12-20)9-10-24-18/h2-8,11,16,18H,9-10,12,20H2,1H3,(H,21,22)/t16-,18+/m0/s1. The number of hydrogen-bond donors (Lipinski definition) is 2. The van der Waals surface area contributed by atoms with E-state index in [4.69, 9.17) is 10.5 Å². The van der Waals surface area contributed by atoms with Crippen molar-refractivity contribution in [1.82, 2.24) is 5.32 Å². The molecule has 1 amide bonds. The first-order chi connectivity index (χ1) is 11.7. The molecular formula is C19H22N2O2S. The molecule has 3 rings (SSSR count). The number of nitrogens with one attached hydrogen (secondary N) is 1. The van der Waals surface area contributed by atoms with Gasteiger partial charge in [-0.05, 0) is 47.1 Å². The number of methoxy groups -OCH3 is 1. The van der Waals surface area contributed by atoms with Crippen LogP contribution in [-0.4, -0.2) is 31.4 Å². The largest absolute Gasteiger partial charge is 0.497 e. The maximum absolute atomic E-state index is 12.5. The Kier molecular flexibility index (Phi) is 5.43. The Labute approximate surface area is 146 Å². The Balaban J connectivity index is 1.85. The lowest BCUT2D eigenvalue weighted by atomic mass is 10.0. The Hall–Kier alpha value is -1.98. The van der Waals surface area contributed by atoms with Gasteiger partial charge >= 0.3 is 0 Å². The number of carbonyl (C=O) groups excluding carboxylic acids is 1. The van der Waals surface area contributed by atoms with Gasteiger partial charge in [-0.15, -0.1) is 11.8 Å². The second-order valence-electron chi connectivity index (χ2n) is 5.83. The molecule has 1 fully saturated rings. The average molecular weight is 342 g/mol. The number of ether oxygens (including phenoxy) is 1. The number of nitrogens with two attached hydrogens (primary N) is 1. The summed E-state index contributed by atoms with van der Waals surface area (Å²) in [4.78, 5) is 12.5. The summed E-state index contributed by atoms with van der Waals surface area (Å²) in [6.45, 7) is 0.491. The molecule has 24 heavy (non-hydrogen) atoms. The van der Waals surface area contributed by atoms with Crippen LogP contribution in [0.5, 0.6) is 5.75 Å². The number of amides is 1. The predicted octanol–water partition coefficient (Wildman–Crippen LogP) is 2.98. The molecule has 2 aromatic carbocycles. The van der Waals surface area contributed by atoms with Crippen LogP contribution in [0.2, 0.25) is 0 Å². The topological polar surface area (TPSA) is 64.3 Å². The first-order valence-electron chi connectivity index (χ1n) is 8.07. The summed E-state index contributed by atoms with van der Waals surface area (Å²) < 4.78 is 5.21. The highest BCUT2D eigenvalue weighted by atomic mass is 32.2. The Morgan fingerprint density at radius 3 is 2.71 bits per heavy atom. The molecule has 5 heteroatoms. The maximum atomic E-state index is 12.5. The minimum Gasteiger partial charge on any atom is -0.497 e. The molecule has 0 spiro atoms. The van der Waals surface area contributed by atoms with Crippen LogP contribution < -0.4 is 15.8 Å². The van der Waals surface area contributed by atoms with Crippen molar-refractivity contribution in [2.75, 3.05) is 19.4 Å². The van der Waals surface area contributed by atoms with Gasteiger partial charge in [-0.2, -0.15) is 0 Å². The van der Waals surface area contributed by atoms with E-state index in [1.165, 1.54) is 0 Å². The molecule has 2 atom stereocenters. The fourth-order valence-corrected chi connectivity index (χ4v) is 4.06. The van der Waals surface area contributed by atoms with Crippen molar-refractivity contribution in [1.29, 1.82) is 0 Å². The highest BCUT2D eigenvalue weighted by molar-refractivity contribution is 8.00. The number of rotatable bonds is 4. The van der Waals surface area contributed by atoms with Gasteiger partial charge < -0.3 is 15.8 Å². The molecule has 1 aliphatic heterocycles. The van der Waals surface area contributed by atoms with E-state index in [0.717, 1.165) is 34.6 Å². The van der Waals surface area contributed by atoms with Crippen LogP contribution in [-0.2, 0) is 4.79 Å². The molecule has 1 aliphatic rings. The normalized spacial score (nSPS) is 21.0. The zero-order chi connectivity index (χ0) is 16.9. The third kappa shape index (κ3) is 3.74. The van der Waals surface area contributed by atoms with Crippen LogP contribution in [0.1, 0.15) is 17.2 Å². The maximum Gasteiger partial charge on any atom is 0.237 e. The summed E-state index contributed by atoms with van der Waals surface area (Å²) in [5.74, 6) is 1.82. The molecule has 1 heterocycles. The van der Waals surface area contributed by atoms with E-state index in [9.17, 15) is 4.79 Å². The van der Waals surface area contributed by atoms with Gasteiger partial charge in [0.05, 0.1) is 7.11 Å². The van der Waals surface area contributed by atoms with E-state index >= 15 is 0 Å². The summed E-state index contributed by atoms with van der Waals surface area (Å²) in [7, 11) is 1.66. The quantitative estimate of drug-likeness (QED) is 0.896. The molecule has 0 bridgehead atoms. The predicted molar refractivity (Wildman–Crippen MR) is 99.2 cm³/mol. The molecule has 2 aromatic rings. The van der Waals surface area contributed by atoms with E-state index in [1.54, 1.807) is 18.9 Å². The van der Waals surface area contributed by atoms with E-state index in [-0.39, 0.29) is 17.2 Å². The molecule has 0 unspecified atom stereocenters. The summed E-state index contributed by atoms with van der Waals surface area (Å²) >= 11 is 1.69. The lowest BCUT2D eigenvalue weighted by molar-refractivity contribution is -0.121. The fraction of sp³-hybridized carbons (Fsp3) is 0.316. The van der Waals surface area contributed by atoms with Crippen LogP contribution in [0.15, 0.2) is 48.5 Å². The Bertz CT molecular complexity index is 703. The van der Waals surface area contributed by atoms with Crippen LogP contribution in [0.25, 0.3) is 11.1 Å². The number of thioether (sulfide) groups is 1. The van der Waals surface area contributed by atoms with E-state index in [0.29, 0.717) is 6.54 Å². The second-order valence-corrected chi connectivity index (χ2v) is 7.05. The molecule has 0 radical (unpaired) electrons. The van der Waals surface area contributed by atoms with E-state index in [2.05, 4.69) is 17.4 Å². The smallest absolute Gasteiger partial charge is 0.237 e. The van der Waals surface area contributed by atoms with Crippen molar-refractivity contribution in [2.24, 2.45) is 5.73 Å². The molecule has 0 aliphatic carbocycles. The van der Waals surface area contributed by atoms with Gasteiger partial charge in [0.15, 0.2) is 0 Å². The third-order valence-corrected chi connectivity index (χ3v) is 5.52. The van der Waals surface area contributed by atoms with Crippen molar-refractivity contribution in [3.63, 3.8) is 0 Å². The Morgan fingerprint density at radius 2 is 2.00 bits per heavy atom. The summed E-state index contributed by atoms with van der Waals surface area (Å²) in [5.41, 5.74) is 8.95. The second kappa shape index (κ2) is 7.73. The van der Waals surface area contributed by atoms with Crippen LogP contribution >= 0.6 is 11.8 Å². The van der Waals surface area contributed by atoms with Gasteiger partial charge in [0, 0.05) is 12.6 Å². The van der Waals surface area contributed by atoms with Gasteiger partial charge in [0.1, 0.15) is 11.0 Å². The van der Waals surface area contributed by atoms with Crippen molar-refractivity contribution >= 4 is 17.7 Å². The molecule has 4 nitrogen and oxygen atoms in total. The van der Waals surface area contributed by atoms with Crippen LogP contribution in [0.3, 0.4) is 0 Å². The minimum absolute atomic E-state index is 0.0554. The van der Waals surface area contributed by atoms with Crippen molar-refractivity contribution < 1.29 is 9.53 Å². The average Bonchev–Trinajstić information content (AvgIpc) is 2.83. The fourth-order valence-electron chi connectivity index (χ4n) is 2.84. The van der Waals surface area contributed by atoms with Gasteiger partial charge in [0.25, 0.3) is 0 Å². The van der Waals surface area contributed by atoms with Gasteiger partial charge in [-0.25, -0.2) is 0 Å². The van der Waals surface area contributed by atoms with Gasteiger partial charge in [0.2, 0.25) is 5.91 Å². The molecule has 0 saturated carbocycles. The van der Waals surface area contributed by atoms with Crippen LogP contribution in [0, 0.1) is 0 Å². The lowest BCUT2D eigenvalue weighted by Crippen LogP contribution is -2.40. The van der Waals surface area contributed by atoms with Gasteiger partial charge in [-0.1, -0.05) is 30.3 Å². The van der Waals surface area contributed by atoms with Crippen LogP contribution in [0.4, 0.5) is 0 Å². The van der Waals surface area contributed by atoms with E-state index in [1.807, 2.05) is 36.4 Å². The third-order valence-electron chi connectivity index (χ3n) is 4.23. The highest BCUT2D eigenvalue weighted by Gasteiger charge is 2.26. The molecule has 1 saturated heterocycles. The number of benzene rings is 2. The van der Waals surface area contributed by atoms with E-state index < -0.39 is 0 Å². The molecular weight excluding hydrogens is 320 g/mol. The number of carbonyl (C=O) groups is 1. The van der Waals surface area contributed by atoms with Crippen molar-refractivity contribution in [3.8, 4) is 16.9 Å². The first kappa shape index (κ1) is 16.9. The van der Waals surface area contributed by atoms with Crippen molar-refractivity contribution in [3.05, 3.63) is 54.1 Å². The zero-order valence-electron chi connectivity index (χ0n) is 13.7. The number of hydrogen-bond acceptors (Lipinski definition) is 4. The highest BCUT2D eigenvalue weighted by Crippen LogP contribution is 2.34. The Morgan fingerprint density at radius 1 is 1.21 bits per heavy atom. The lowest BCUT2D eigenvalue weighted by Gasteiger charge is -2.16. The summed E-state index contributed by atoms with van der Waals surface area (Å²) in [6, 6.07) is 16.2. The summed E-state index contributed by atoms with van der Waals surface area (Å²) in [6.07, 6.45) is 0.918. The van der Waals surface area contributed by atoms with Gasteiger partial charge in [-0.3, -0.25) is 4.79 Å². The molecule has 0 aromatic heterocycles. The monoisotopic (exact) mass is 342 g/mol. The SMILES string of the molecule is COc1ccc(-c2cccc([C@H]3SCC[C@@H](CN)NC3=O)c2)cc1. The molecule has 126 valence electrons. The molecule has 3 N–H and O–H groups in total. The first-order valence-corrected chi connectivity index (χ1v) is 9.12.